The van der Waals surface area contributed by atoms with Gasteiger partial charge in [0.1, 0.15) is 12.1 Å². The summed E-state index contributed by atoms with van der Waals surface area (Å²) in [6.07, 6.45) is -0.367. The molecular weight excluding hydrogens is 383 g/mol. The molecule has 0 spiro atoms. The molecule has 2 aliphatic heterocycles. The first-order valence-electron chi connectivity index (χ1n) is 9.01. The Balaban J connectivity index is 1.48. The molecule has 29 heavy (non-hydrogen) atoms. The smallest absolute Gasteiger partial charge is 0.328 e. The number of nitrogens with zero attached hydrogens (tertiary/aromatic N) is 1. The van der Waals surface area contributed by atoms with E-state index in [1.54, 1.807) is 30.3 Å². The van der Waals surface area contributed by atoms with Gasteiger partial charge in [0, 0.05) is 18.2 Å². The lowest BCUT2D eigenvalue weighted by Gasteiger charge is -2.22. The van der Waals surface area contributed by atoms with Gasteiger partial charge in [0.2, 0.25) is 6.79 Å². The van der Waals surface area contributed by atoms with Gasteiger partial charge in [-0.25, -0.2) is 14.0 Å². The van der Waals surface area contributed by atoms with Crippen LogP contribution in [0.15, 0.2) is 42.5 Å². The molecule has 2 aliphatic rings. The summed E-state index contributed by atoms with van der Waals surface area (Å²) in [5.41, 5.74) is 0.487. The van der Waals surface area contributed by atoms with Crippen LogP contribution in [0.25, 0.3) is 0 Å². The molecule has 1 N–H and O–H groups in total. The van der Waals surface area contributed by atoms with Crippen LogP contribution in [0.3, 0.4) is 0 Å². The van der Waals surface area contributed by atoms with E-state index in [9.17, 15) is 14.0 Å². The lowest BCUT2D eigenvalue weighted by molar-refractivity contribution is -0.144. The van der Waals surface area contributed by atoms with E-state index in [1.807, 2.05) is 0 Å². The lowest BCUT2D eigenvalue weighted by Crippen LogP contribution is -2.43. The summed E-state index contributed by atoms with van der Waals surface area (Å²) in [6, 6.07) is 9.63. The van der Waals surface area contributed by atoms with Crippen molar-refractivity contribution in [1.29, 1.82) is 0 Å². The van der Waals surface area contributed by atoms with Crippen molar-refractivity contribution in [1.82, 2.24) is 4.90 Å². The number of anilines is 1. The number of ether oxygens (including phenoxy) is 4. The molecule has 9 heteroatoms. The Morgan fingerprint density at radius 3 is 2.76 bits per heavy atom. The molecule has 8 nitrogen and oxygen atoms in total. The zero-order valence-corrected chi connectivity index (χ0v) is 15.6. The van der Waals surface area contributed by atoms with E-state index in [1.165, 1.54) is 24.1 Å². The molecule has 0 radical (unpaired) electrons. The summed E-state index contributed by atoms with van der Waals surface area (Å²) < 4.78 is 34.9. The van der Waals surface area contributed by atoms with E-state index in [4.69, 9.17) is 18.9 Å². The summed E-state index contributed by atoms with van der Waals surface area (Å²) in [5, 5.41) is 2.73. The number of hydrogen-bond donors (Lipinski definition) is 1. The number of urea groups is 1. The fourth-order valence-electron chi connectivity index (χ4n) is 3.36. The average Bonchev–Trinajstić information content (AvgIpc) is 3.35. The summed E-state index contributed by atoms with van der Waals surface area (Å²) >= 11 is 0. The highest BCUT2D eigenvalue weighted by molar-refractivity contribution is 5.93. The van der Waals surface area contributed by atoms with E-state index in [0.29, 0.717) is 17.2 Å². The fraction of sp³-hybridized carbons (Fsp3) is 0.300. The molecule has 0 aromatic heterocycles. The van der Waals surface area contributed by atoms with E-state index < -0.39 is 30.0 Å². The van der Waals surface area contributed by atoms with Gasteiger partial charge in [-0.1, -0.05) is 12.1 Å². The van der Waals surface area contributed by atoms with Gasteiger partial charge in [0.15, 0.2) is 23.1 Å². The van der Waals surface area contributed by atoms with Crippen LogP contribution in [0.2, 0.25) is 0 Å². The number of methoxy groups -OCH3 is 1. The highest BCUT2D eigenvalue weighted by Gasteiger charge is 2.42. The number of para-hydroxylation sites is 1. The SMILES string of the molecule is COC(=O)[C@@H]1C[C@H](Oc2ccccc2F)CN1C(=O)Nc1ccc2c(c1)OCO2. The van der Waals surface area contributed by atoms with E-state index in [-0.39, 0.29) is 25.5 Å². The highest BCUT2D eigenvalue weighted by atomic mass is 19.1. The maximum Gasteiger partial charge on any atom is 0.328 e. The van der Waals surface area contributed by atoms with Gasteiger partial charge in [-0.05, 0) is 24.3 Å². The Bertz CT molecular complexity index is 937. The molecule has 2 amide bonds. The van der Waals surface area contributed by atoms with E-state index >= 15 is 0 Å². The van der Waals surface area contributed by atoms with Crippen LogP contribution in [0.4, 0.5) is 14.9 Å². The Morgan fingerprint density at radius 2 is 1.97 bits per heavy atom. The molecule has 0 saturated carbocycles. The van der Waals surface area contributed by atoms with Crippen molar-refractivity contribution in [3.8, 4) is 17.2 Å². The van der Waals surface area contributed by atoms with Crippen molar-refractivity contribution in [2.45, 2.75) is 18.6 Å². The minimum absolute atomic E-state index is 0.0687. The number of halogens is 1. The monoisotopic (exact) mass is 402 g/mol. The van der Waals surface area contributed by atoms with Crippen molar-refractivity contribution < 1.29 is 32.9 Å². The van der Waals surface area contributed by atoms with Gasteiger partial charge in [-0.15, -0.1) is 0 Å². The van der Waals surface area contributed by atoms with Crippen LogP contribution in [0.5, 0.6) is 17.2 Å². The lowest BCUT2D eigenvalue weighted by atomic mass is 10.2. The predicted molar refractivity (Wildman–Crippen MR) is 99.5 cm³/mol. The maximum atomic E-state index is 13.9. The Labute approximate surface area is 166 Å². The largest absolute Gasteiger partial charge is 0.485 e. The summed E-state index contributed by atoms with van der Waals surface area (Å²) in [6.45, 7) is 0.225. The van der Waals surface area contributed by atoms with Crippen molar-refractivity contribution in [2.24, 2.45) is 0 Å². The number of amides is 2. The molecule has 152 valence electrons. The Morgan fingerprint density at radius 1 is 1.17 bits per heavy atom. The van der Waals surface area contributed by atoms with Crippen molar-refractivity contribution in [3.05, 3.63) is 48.3 Å². The molecule has 1 fully saturated rings. The normalized spacial score (nSPS) is 19.7. The second-order valence-electron chi connectivity index (χ2n) is 6.60. The topological polar surface area (TPSA) is 86.3 Å². The zero-order valence-electron chi connectivity index (χ0n) is 15.6. The first-order chi connectivity index (χ1) is 14.0. The second-order valence-corrected chi connectivity index (χ2v) is 6.60. The minimum Gasteiger partial charge on any atom is -0.485 e. The second kappa shape index (κ2) is 7.86. The fourth-order valence-corrected chi connectivity index (χ4v) is 3.36. The van der Waals surface area contributed by atoms with E-state index in [0.717, 1.165) is 0 Å². The van der Waals surface area contributed by atoms with E-state index in [2.05, 4.69) is 5.32 Å². The van der Waals surface area contributed by atoms with Crippen molar-refractivity contribution >= 4 is 17.7 Å². The molecule has 2 heterocycles. The number of likely N-dealkylation sites (tertiary alicyclic amines) is 1. The first-order valence-corrected chi connectivity index (χ1v) is 9.01. The standard InChI is InChI=1S/C20H19FN2O6/c1-26-19(24)15-9-13(29-16-5-3-2-4-14(16)21)10-23(15)20(25)22-12-6-7-17-18(8-12)28-11-27-17/h2-8,13,15H,9-11H2,1H3,(H,22,25)/t13-,15-/m0/s1. The van der Waals surface area contributed by atoms with Crippen LogP contribution in [0, 0.1) is 5.82 Å². The molecule has 0 aliphatic carbocycles. The van der Waals surface area contributed by atoms with Crippen molar-refractivity contribution in [3.63, 3.8) is 0 Å². The van der Waals surface area contributed by atoms with Gasteiger partial charge in [0.05, 0.1) is 13.7 Å². The van der Waals surface area contributed by atoms with Crippen LogP contribution in [0.1, 0.15) is 6.42 Å². The summed E-state index contributed by atoms with van der Waals surface area (Å²) in [7, 11) is 1.25. The number of hydrogen-bond acceptors (Lipinski definition) is 6. The molecule has 2 aromatic carbocycles. The quantitative estimate of drug-likeness (QED) is 0.792. The van der Waals surface area contributed by atoms with Gasteiger partial charge in [-0.2, -0.15) is 0 Å². The highest BCUT2D eigenvalue weighted by Crippen LogP contribution is 2.34. The number of esters is 1. The summed E-state index contributed by atoms with van der Waals surface area (Å²) in [5.74, 6) is 0.111. The van der Waals surface area contributed by atoms with Gasteiger partial charge < -0.3 is 29.2 Å². The van der Waals surface area contributed by atoms with Crippen LogP contribution >= 0.6 is 0 Å². The molecular formula is C20H19FN2O6. The molecule has 0 unspecified atom stereocenters. The molecule has 2 aromatic rings. The third-order valence-electron chi connectivity index (χ3n) is 4.75. The van der Waals surface area contributed by atoms with Crippen LogP contribution < -0.4 is 19.5 Å². The Hall–Kier alpha value is -3.49. The Kier molecular flexibility index (Phi) is 5.11. The number of fused-ring (bicyclic) bond motifs is 1. The number of nitrogens with one attached hydrogen (secondary N) is 1. The summed E-state index contributed by atoms with van der Waals surface area (Å²) in [4.78, 5) is 26.3. The zero-order chi connectivity index (χ0) is 20.4. The number of carbonyl (C=O) groups is 2. The predicted octanol–water partition coefficient (Wildman–Crippen LogP) is 2.78. The molecule has 4 rings (SSSR count). The van der Waals surface area contributed by atoms with Gasteiger partial charge >= 0.3 is 12.0 Å². The first kappa shape index (κ1) is 18.9. The average molecular weight is 402 g/mol. The third kappa shape index (κ3) is 3.89. The molecule has 1 saturated heterocycles. The van der Waals surface area contributed by atoms with Crippen molar-refractivity contribution in [2.75, 3.05) is 25.8 Å². The maximum absolute atomic E-state index is 13.9. The minimum atomic E-state index is -0.842. The number of benzene rings is 2. The number of rotatable bonds is 4. The van der Waals surface area contributed by atoms with Crippen LogP contribution in [-0.4, -0.2) is 49.5 Å². The molecule has 0 bridgehead atoms. The third-order valence-corrected chi connectivity index (χ3v) is 4.75. The van der Waals surface area contributed by atoms with Gasteiger partial charge in [0.25, 0.3) is 0 Å². The molecule has 2 atom stereocenters. The van der Waals surface area contributed by atoms with Crippen LogP contribution in [-0.2, 0) is 9.53 Å². The van der Waals surface area contributed by atoms with Gasteiger partial charge in [-0.3, -0.25) is 0 Å². The number of carbonyl (C=O) groups excluding carboxylic acids is 2.